The van der Waals surface area contributed by atoms with E-state index in [2.05, 4.69) is 0 Å². The summed E-state index contributed by atoms with van der Waals surface area (Å²) in [5.74, 6) is 0.576. The number of carbonyl (C=O) groups excluding carboxylic acids is 1. The molecule has 0 aromatic heterocycles. The number of nitrogens with two attached hydrogens (primary N) is 1. The molecule has 1 amide bonds. The Morgan fingerprint density at radius 2 is 1.95 bits per heavy atom. The largest absolute Gasteiger partial charge is 0.497 e. The fourth-order valence-corrected chi connectivity index (χ4v) is 2.85. The lowest BCUT2D eigenvalue weighted by Gasteiger charge is -2.45. The van der Waals surface area contributed by atoms with E-state index in [-0.39, 0.29) is 11.9 Å². The molecule has 2 N–H and O–H groups in total. The summed E-state index contributed by atoms with van der Waals surface area (Å²) in [5.41, 5.74) is 7.60. The van der Waals surface area contributed by atoms with Crippen molar-refractivity contribution in [2.45, 2.75) is 12.1 Å². The SMILES string of the molecule is COc1cccc(N2C(=O)[C@@H](N)[C@H]2c2ccccc2Cl)c1. The van der Waals surface area contributed by atoms with E-state index >= 15 is 0 Å². The molecule has 3 rings (SSSR count). The number of ether oxygens (including phenoxy) is 1. The molecule has 2 aromatic rings. The molecule has 2 atom stereocenters. The molecule has 108 valence electrons. The van der Waals surface area contributed by atoms with Gasteiger partial charge in [-0.05, 0) is 23.8 Å². The fourth-order valence-electron chi connectivity index (χ4n) is 2.61. The molecule has 0 aliphatic carbocycles. The standard InChI is InChI=1S/C16H15ClN2O2/c1-21-11-6-4-5-10(9-11)19-15(14(18)16(19)20)12-7-2-3-8-13(12)17/h2-9,14-15H,18H2,1H3/t14-,15+/m0/s1. The molecule has 1 saturated heterocycles. The zero-order chi connectivity index (χ0) is 15.0. The van der Waals surface area contributed by atoms with Crippen LogP contribution in [0, 0.1) is 0 Å². The summed E-state index contributed by atoms with van der Waals surface area (Å²) in [6.45, 7) is 0. The van der Waals surface area contributed by atoms with Gasteiger partial charge in [0.05, 0.1) is 13.2 Å². The summed E-state index contributed by atoms with van der Waals surface area (Å²) in [5, 5.41) is 0.610. The minimum Gasteiger partial charge on any atom is -0.497 e. The molecule has 1 aliphatic rings. The van der Waals surface area contributed by atoms with Crippen LogP contribution >= 0.6 is 11.6 Å². The topological polar surface area (TPSA) is 55.6 Å². The third kappa shape index (κ3) is 2.26. The van der Waals surface area contributed by atoms with E-state index in [4.69, 9.17) is 22.1 Å². The van der Waals surface area contributed by atoms with Crippen molar-refractivity contribution in [2.24, 2.45) is 5.73 Å². The first-order chi connectivity index (χ1) is 10.1. The molecule has 4 nitrogen and oxygen atoms in total. The number of methoxy groups -OCH3 is 1. The van der Waals surface area contributed by atoms with Crippen LogP contribution < -0.4 is 15.4 Å². The quantitative estimate of drug-likeness (QED) is 0.887. The molecule has 0 saturated carbocycles. The maximum absolute atomic E-state index is 12.2. The van der Waals surface area contributed by atoms with Crippen molar-refractivity contribution in [3.8, 4) is 5.75 Å². The van der Waals surface area contributed by atoms with Gasteiger partial charge in [0.15, 0.2) is 0 Å². The second-order valence-electron chi connectivity index (χ2n) is 4.90. The second kappa shape index (κ2) is 5.39. The average molecular weight is 303 g/mol. The number of nitrogens with zero attached hydrogens (tertiary/aromatic N) is 1. The van der Waals surface area contributed by atoms with Crippen LogP contribution in [0.1, 0.15) is 11.6 Å². The number of carbonyl (C=O) groups is 1. The normalized spacial score (nSPS) is 21.1. The lowest BCUT2D eigenvalue weighted by Crippen LogP contribution is -2.63. The van der Waals surface area contributed by atoms with Gasteiger partial charge in [0.2, 0.25) is 5.91 Å². The Labute approximate surface area is 128 Å². The van der Waals surface area contributed by atoms with E-state index in [1.165, 1.54) is 0 Å². The number of hydrogen-bond acceptors (Lipinski definition) is 3. The molecule has 1 aliphatic heterocycles. The van der Waals surface area contributed by atoms with E-state index in [0.29, 0.717) is 10.8 Å². The molecule has 2 aromatic carbocycles. The average Bonchev–Trinajstić information content (AvgIpc) is 2.52. The van der Waals surface area contributed by atoms with Crippen LogP contribution in [0.2, 0.25) is 5.02 Å². The van der Waals surface area contributed by atoms with Gasteiger partial charge in [-0.1, -0.05) is 35.9 Å². The van der Waals surface area contributed by atoms with Gasteiger partial charge in [0, 0.05) is 16.8 Å². The van der Waals surface area contributed by atoms with Crippen molar-refractivity contribution in [1.29, 1.82) is 0 Å². The van der Waals surface area contributed by atoms with Crippen LogP contribution in [0.4, 0.5) is 5.69 Å². The zero-order valence-electron chi connectivity index (χ0n) is 11.5. The monoisotopic (exact) mass is 302 g/mol. The maximum atomic E-state index is 12.2. The molecule has 1 heterocycles. The summed E-state index contributed by atoms with van der Waals surface area (Å²) in [4.78, 5) is 13.8. The summed E-state index contributed by atoms with van der Waals surface area (Å²) in [6.07, 6.45) is 0. The van der Waals surface area contributed by atoms with Crippen molar-refractivity contribution in [2.75, 3.05) is 12.0 Å². The van der Waals surface area contributed by atoms with Gasteiger partial charge in [-0.2, -0.15) is 0 Å². The summed E-state index contributed by atoms with van der Waals surface area (Å²) in [7, 11) is 1.59. The van der Waals surface area contributed by atoms with Crippen molar-refractivity contribution < 1.29 is 9.53 Å². The van der Waals surface area contributed by atoms with Crippen LogP contribution in [-0.4, -0.2) is 19.1 Å². The third-order valence-electron chi connectivity index (χ3n) is 3.70. The van der Waals surface area contributed by atoms with Crippen molar-refractivity contribution in [3.05, 3.63) is 59.1 Å². The molecule has 0 spiro atoms. The zero-order valence-corrected chi connectivity index (χ0v) is 12.2. The smallest absolute Gasteiger partial charge is 0.247 e. The first-order valence-electron chi connectivity index (χ1n) is 6.60. The number of hydrogen-bond donors (Lipinski definition) is 1. The van der Waals surface area contributed by atoms with Crippen LogP contribution in [-0.2, 0) is 4.79 Å². The van der Waals surface area contributed by atoms with Gasteiger partial charge in [-0.25, -0.2) is 0 Å². The van der Waals surface area contributed by atoms with Gasteiger partial charge in [0.1, 0.15) is 11.8 Å². The molecule has 21 heavy (non-hydrogen) atoms. The number of benzene rings is 2. The first kappa shape index (κ1) is 13.9. The van der Waals surface area contributed by atoms with Gasteiger partial charge >= 0.3 is 0 Å². The van der Waals surface area contributed by atoms with Crippen molar-refractivity contribution >= 4 is 23.2 Å². The highest BCUT2D eigenvalue weighted by molar-refractivity contribution is 6.31. The Kier molecular flexibility index (Phi) is 3.57. The summed E-state index contributed by atoms with van der Waals surface area (Å²) < 4.78 is 5.21. The van der Waals surface area contributed by atoms with E-state index in [1.807, 2.05) is 42.5 Å². The highest BCUT2D eigenvalue weighted by Gasteiger charge is 2.47. The maximum Gasteiger partial charge on any atom is 0.247 e. The lowest BCUT2D eigenvalue weighted by atomic mass is 9.88. The van der Waals surface area contributed by atoms with E-state index in [9.17, 15) is 4.79 Å². The van der Waals surface area contributed by atoms with Crippen LogP contribution in [0.3, 0.4) is 0 Å². The second-order valence-corrected chi connectivity index (χ2v) is 5.31. The Morgan fingerprint density at radius 3 is 2.67 bits per heavy atom. The van der Waals surface area contributed by atoms with E-state index in [0.717, 1.165) is 11.3 Å². The fraction of sp³-hybridized carbons (Fsp3) is 0.188. The molecule has 0 radical (unpaired) electrons. The Morgan fingerprint density at radius 1 is 1.19 bits per heavy atom. The van der Waals surface area contributed by atoms with Gasteiger partial charge in [-0.3, -0.25) is 4.79 Å². The Hall–Kier alpha value is -2.04. The molecule has 1 fully saturated rings. The van der Waals surface area contributed by atoms with E-state index in [1.54, 1.807) is 18.1 Å². The molecule has 0 bridgehead atoms. The number of rotatable bonds is 3. The number of β-lactam (4-membered cyclic amide) rings is 1. The highest BCUT2D eigenvalue weighted by atomic mass is 35.5. The summed E-state index contributed by atoms with van der Waals surface area (Å²) >= 11 is 6.24. The summed E-state index contributed by atoms with van der Waals surface area (Å²) in [6, 6.07) is 14.0. The number of halogens is 1. The van der Waals surface area contributed by atoms with E-state index < -0.39 is 6.04 Å². The number of anilines is 1. The Bertz CT molecular complexity index is 689. The minimum absolute atomic E-state index is 0.117. The van der Waals surface area contributed by atoms with Gasteiger partial charge in [0.25, 0.3) is 0 Å². The van der Waals surface area contributed by atoms with Crippen molar-refractivity contribution in [3.63, 3.8) is 0 Å². The van der Waals surface area contributed by atoms with Crippen LogP contribution in [0.15, 0.2) is 48.5 Å². The number of amides is 1. The molecule has 5 heteroatoms. The lowest BCUT2D eigenvalue weighted by molar-refractivity contribution is -0.126. The first-order valence-corrected chi connectivity index (χ1v) is 6.98. The van der Waals surface area contributed by atoms with Crippen molar-refractivity contribution in [1.82, 2.24) is 0 Å². The highest BCUT2D eigenvalue weighted by Crippen LogP contribution is 2.41. The third-order valence-corrected chi connectivity index (χ3v) is 4.04. The minimum atomic E-state index is -0.573. The van der Waals surface area contributed by atoms with Gasteiger partial charge < -0.3 is 15.4 Å². The van der Waals surface area contributed by atoms with Gasteiger partial charge in [-0.15, -0.1) is 0 Å². The van der Waals surface area contributed by atoms with Crippen LogP contribution in [0.25, 0.3) is 0 Å². The van der Waals surface area contributed by atoms with Crippen LogP contribution in [0.5, 0.6) is 5.75 Å². The Balaban J connectivity index is 2.00. The predicted octanol–water partition coefficient (Wildman–Crippen LogP) is 2.76. The molecular weight excluding hydrogens is 288 g/mol. The molecular formula is C16H15ClN2O2. The molecule has 0 unspecified atom stereocenters. The predicted molar refractivity (Wildman–Crippen MR) is 82.6 cm³/mol.